The van der Waals surface area contributed by atoms with Crippen molar-refractivity contribution in [2.24, 2.45) is 7.05 Å². The quantitative estimate of drug-likeness (QED) is 0.138. The van der Waals surface area contributed by atoms with Crippen LogP contribution in [0.25, 0.3) is 0 Å². The van der Waals surface area contributed by atoms with Gasteiger partial charge in [-0.05, 0) is 36.1 Å². The molecule has 1 aromatic heterocycles. The number of hydrogen-bond acceptors (Lipinski definition) is 5. The summed E-state index contributed by atoms with van der Waals surface area (Å²) in [5, 5.41) is 0.615. The van der Waals surface area contributed by atoms with Crippen LogP contribution in [0.4, 0.5) is 4.39 Å². The van der Waals surface area contributed by atoms with Gasteiger partial charge in [-0.15, -0.1) is 0 Å². The van der Waals surface area contributed by atoms with Gasteiger partial charge in [-0.3, -0.25) is 19.1 Å². The fourth-order valence-electron chi connectivity index (χ4n) is 5.55. The van der Waals surface area contributed by atoms with Crippen LogP contribution in [0.5, 0.6) is 0 Å². The highest BCUT2D eigenvalue weighted by atomic mass is 32.2. The van der Waals surface area contributed by atoms with Crippen molar-refractivity contribution in [2.75, 3.05) is 31.9 Å². The summed E-state index contributed by atoms with van der Waals surface area (Å²) < 4.78 is 15.7. The van der Waals surface area contributed by atoms with Gasteiger partial charge in [0.1, 0.15) is 5.82 Å². The number of carbonyl (C=O) groups excluding carboxylic acids is 1. The highest BCUT2D eigenvalue weighted by molar-refractivity contribution is 7.99. The third-order valence-electron chi connectivity index (χ3n) is 7.90. The Morgan fingerprint density at radius 2 is 1.50 bits per heavy atom. The Morgan fingerprint density at radius 1 is 0.905 bits per heavy atom. The largest absolute Gasteiger partial charge is 0.340 e. The minimum atomic E-state index is -0.323. The van der Waals surface area contributed by atoms with Crippen LogP contribution in [0.3, 0.4) is 0 Å². The molecule has 5 rings (SSSR count). The van der Waals surface area contributed by atoms with Crippen LogP contribution < -0.4 is 5.56 Å². The maximum absolute atomic E-state index is 14.2. The monoisotopic (exact) mass is 584 g/mol. The van der Waals surface area contributed by atoms with E-state index in [4.69, 9.17) is 0 Å². The molecule has 1 aliphatic rings. The molecule has 1 amide bonds. The maximum Gasteiger partial charge on any atom is 0.257 e. The molecule has 218 valence electrons. The molecule has 0 N–H and O–H groups in total. The molecule has 1 fully saturated rings. The molecule has 3 aromatic carbocycles. The van der Waals surface area contributed by atoms with E-state index in [1.54, 1.807) is 32.2 Å². The Kier molecular flexibility index (Phi) is 9.87. The summed E-state index contributed by atoms with van der Waals surface area (Å²) in [4.78, 5) is 35.2. The van der Waals surface area contributed by atoms with E-state index >= 15 is 0 Å². The first-order chi connectivity index (χ1) is 20.4. The number of rotatable bonds is 10. The van der Waals surface area contributed by atoms with Gasteiger partial charge in [-0.25, -0.2) is 9.37 Å². The molecular weight excluding hydrogens is 547 g/mol. The summed E-state index contributed by atoms with van der Waals surface area (Å²) in [5.74, 6) is 0.530. The second-order valence-electron chi connectivity index (χ2n) is 10.7. The zero-order chi connectivity index (χ0) is 29.5. The van der Waals surface area contributed by atoms with E-state index in [0.29, 0.717) is 53.7 Å². The Balaban J connectivity index is 1.13. The van der Waals surface area contributed by atoms with Crippen molar-refractivity contribution in [3.63, 3.8) is 0 Å². The van der Waals surface area contributed by atoms with E-state index in [2.05, 4.69) is 58.4 Å². The average Bonchev–Trinajstić information content (AvgIpc) is 3.02. The number of carbonyl (C=O) groups is 1. The average molecular weight is 585 g/mol. The van der Waals surface area contributed by atoms with Crippen LogP contribution >= 0.6 is 11.8 Å². The molecule has 1 saturated heterocycles. The van der Waals surface area contributed by atoms with Crippen molar-refractivity contribution in [3.05, 3.63) is 129 Å². The Labute approximate surface area is 251 Å². The van der Waals surface area contributed by atoms with E-state index in [-0.39, 0.29) is 29.7 Å². The third kappa shape index (κ3) is 6.99. The summed E-state index contributed by atoms with van der Waals surface area (Å²) in [7, 11) is 1.70. The fraction of sp³-hybridized carbons (Fsp3) is 0.324. The smallest absolute Gasteiger partial charge is 0.257 e. The highest BCUT2D eigenvalue weighted by Gasteiger charge is 2.28. The standard InChI is InChI=1S/C34H37FN4O2S/c1-25-29(24-28-16-9-10-17-30(28)35)33(41)37(2)34(36-25)42-23-11-18-31(40)38-19-21-39(22-20-38)32(26-12-5-3-6-13-26)27-14-7-4-8-15-27/h3-10,12-17,32H,11,18-24H2,1-2H3. The summed E-state index contributed by atoms with van der Waals surface area (Å²) >= 11 is 1.48. The number of aromatic nitrogens is 2. The predicted molar refractivity (Wildman–Crippen MR) is 166 cm³/mol. The van der Waals surface area contributed by atoms with Crippen molar-refractivity contribution in [3.8, 4) is 0 Å². The minimum Gasteiger partial charge on any atom is -0.340 e. The van der Waals surface area contributed by atoms with Crippen LogP contribution in [0.15, 0.2) is 94.9 Å². The normalized spacial score (nSPS) is 14.0. The lowest BCUT2D eigenvalue weighted by molar-refractivity contribution is -0.133. The molecule has 6 nitrogen and oxygen atoms in total. The fourth-order valence-corrected chi connectivity index (χ4v) is 6.50. The first-order valence-electron chi connectivity index (χ1n) is 14.5. The Morgan fingerprint density at radius 3 is 2.12 bits per heavy atom. The van der Waals surface area contributed by atoms with Crippen molar-refractivity contribution in [1.29, 1.82) is 0 Å². The number of nitrogens with zero attached hydrogens (tertiary/aromatic N) is 4. The number of hydrogen-bond donors (Lipinski definition) is 0. The zero-order valence-corrected chi connectivity index (χ0v) is 25.0. The van der Waals surface area contributed by atoms with Gasteiger partial charge in [-0.2, -0.15) is 0 Å². The number of piperazine rings is 1. The van der Waals surface area contributed by atoms with Gasteiger partial charge in [0.15, 0.2) is 5.16 Å². The maximum atomic E-state index is 14.2. The minimum absolute atomic E-state index is 0.161. The Hall–Kier alpha value is -3.75. The first-order valence-corrected chi connectivity index (χ1v) is 15.5. The van der Waals surface area contributed by atoms with Crippen LogP contribution in [-0.2, 0) is 18.3 Å². The third-order valence-corrected chi connectivity index (χ3v) is 9.02. The van der Waals surface area contributed by atoms with Crippen LogP contribution in [-0.4, -0.2) is 57.2 Å². The molecule has 42 heavy (non-hydrogen) atoms. The van der Waals surface area contributed by atoms with Gasteiger partial charge in [0.05, 0.1) is 6.04 Å². The number of benzene rings is 3. The highest BCUT2D eigenvalue weighted by Crippen LogP contribution is 2.29. The summed E-state index contributed by atoms with van der Waals surface area (Å²) in [6, 6.07) is 27.8. The molecule has 0 spiro atoms. The number of thioether (sulfide) groups is 1. The summed E-state index contributed by atoms with van der Waals surface area (Å²) in [5.41, 5.74) is 3.96. The number of aryl methyl sites for hydroxylation is 1. The molecule has 8 heteroatoms. The lowest BCUT2D eigenvalue weighted by Gasteiger charge is -2.40. The topological polar surface area (TPSA) is 58.4 Å². The SMILES string of the molecule is Cc1nc(SCCCC(=O)N2CCN(C(c3ccccc3)c3ccccc3)CC2)n(C)c(=O)c1Cc1ccccc1F. The molecular formula is C34H37FN4O2S. The molecule has 0 unspecified atom stereocenters. The zero-order valence-electron chi connectivity index (χ0n) is 24.2. The lowest BCUT2D eigenvalue weighted by atomic mass is 9.96. The van der Waals surface area contributed by atoms with Gasteiger partial charge >= 0.3 is 0 Å². The van der Waals surface area contributed by atoms with Gasteiger partial charge in [-0.1, -0.05) is 90.6 Å². The Bertz CT molecular complexity index is 1510. The molecule has 4 aromatic rings. The molecule has 0 atom stereocenters. The summed E-state index contributed by atoms with van der Waals surface area (Å²) in [6.07, 6.45) is 1.38. The van der Waals surface area contributed by atoms with E-state index < -0.39 is 0 Å². The second-order valence-corrected chi connectivity index (χ2v) is 11.7. The van der Waals surface area contributed by atoms with Crippen molar-refractivity contribution < 1.29 is 9.18 Å². The predicted octanol–water partition coefficient (Wildman–Crippen LogP) is 5.62. The van der Waals surface area contributed by atoms with E-state index in [1.165, 1.54) is 33.5 Å². The second kappa shape index (κ2) is 13.9. The molecule has 1 aliphatic heterocycles. The molecule has 2 heterocycles. The van der Waals surface area contributed by atoms with Crippen molar-refractivity contribution >= 4 is 17.7 Å². The van der Waals surface area contributed by atoms with Crippen LogP contribution in [0.1, 0.15) is 46.8 Å². The van der Waals surface area contributed by atoms with Gasteiger partial charge in [0, 0.05) is 63.1 Å². The molecule has 0 radical (unpaired) electrons. The number of halogens is 1. The molecule has 0 bridgehead atoms. The van der Waals surface area contributed by atoms with Crippen molar-refractivity contribution in [1.82, 2.24) is 19.4 Å². The first kappa shape index (κ1) is 29.7. The van der Waals surface area contributed by atoms with Gasteiger partial charge in [0.2, 0.25) is 5.91 Å². The van der Waals surface area contributed by atoms with E-state index in [0.717, 1.165) is 13.1 Å². The molecule has 0 saturated carbocycles. The lowest BCUT2D eigenvalue weighted by Crippen LogP contribution is -2.49. The van der Waals surface area contributed by atoms with E-state index in [9.17, 15) is 14.0 Å². The van der Waals surface area contributed by atoms with Gasteiger partial charge in [0.25, 0.3) is 5.56 Å². The number of amides is 1. The van der Waals surface area contributed by atoms with Gasteiger partial charge < -0.3 is 4.90 Å². The van der Waals surface area contributed by atoms with Crippen LogP contribution in [0, 0.1) is 12.7 Å². The van der Waals surface area contributed by atoms with Crippen molar-refractivity contribution in [2.45, 2.75) is 37.4 Å². The van der Waals surface area contributed by atoms with E-state index in [1.807, 2.05) is 17.0 Å². The van der Waals surface area contributed by atoms with Crippen LogP contribution in [0.2, 0.25) is 0 Å². The summed E-state index contributed by atoms with van der Waals surface area (Å²) in [6.45, 7) is 4.85. The molecule has 0 aliphatic carbocycles.